The molecule has 0 spiro atoms. The Labute approximate surface area is 145 Å². The van der Waals surface area contributed by atoms with Crippen LogP contribution in [0.5, 0.6) is 5.75 Å². The molecule has 132 valence electrons. The lowest BCUT2D eigenvalue weighted by Crippen LogP contribution is -2.47. The van der Waals surface area contributed by atoms with Crippen LogP contribution in [0.2, 0.25) is 0 Å². The van der Waals surface area contributed by atoms with E-state index < -0.39 is 4.92 Å². The highest BCUT2D eigenvalue weighted by atomic mass is 16.6. The summed E-state index contributed by atoms with van der Waals surface area (Å²) in [7, 11) is 1.64. The Morgan fingerprint density at radius 3 is 2.36 bits per heavy atom. The molecule has 2 heterocycles. The van der Waals surface area contributed by atoms with E-state index >= 15 is 0 Å². The van der Waals surface area contributed by atoms with Gasteiger partial charge >= 0.3 is 0 Å². The third-order valence-corrected chi connectivity index (χ3v) is 4.34. The van der Waals surface area contributed by atoms with Crippen LogP contribution < -0.4 is 15.2 Å². The number of aromatic nitrogens is 1. The van der Waals surface area contributed by atoms with Gasteiger partial charge in [-0.05, 0) is 24.3 Å². The van der Waals surface area contributed by atoms with E-state index in [4.69, 9.17) is 4.74 Å². The van der Waals surface area contributed by atoms with E-state index in [0.717, 1.165) is 37.6 Å². The smallest absolute Gasteiger partial charge is 0.285 e. The van der Waals surface area contributed by atoms with Crippen LogP contribution in [-0.2, 0) is 6.67 Å². The highest BCUT2D eigenvalue weighted by molar-refractivity contribution is 5.49. The molecule has 0 atom stereocenters. The number of benzene rings is 1. The van der Waals surface area contributed by atoms with Gasteiger partial charge in [-0.25, -0.2) is 0 Å². The molecule has 0 bridgehead atoms. The van der Waals surface area contributed by atoms with E-state index in [-0.39, 0.29) is 11.2 Å². The Hall–Kier alpha value is -2.87. The molecule has 0 unspecified atom stereocenters. The van der Waals surface area contributed by atoms with Crippen LogP contribution >= 0.6 is 0 Å². The third kappa shape index (κ3) is 3.97. The number of pyridine rings is 1. The first kappa shape index (κ1) is 17.0. The molecule has 0 amide bonds. The molecular weight excluding hydrogens is 324 g/mol. The highest BCUT2D eigenvalue weighted by Crippen LogP contribution is 2.20. The molecule has 8 nitrogen and oxygen atoms in total. The van der Waals surface area contributed by atoms with Crippen molar-refractivity contribution in [3.05, 3.63) is 63.1 Å². The number of rotatable bonds is 5. The summed E-state index contributed by atoms with van der Waals surface area (Å²) in [5.41, 5.74) is 0.826. The van der Waals surface area contributed by atoms with Gasteiger partial charge in [0.05, 0.1) is 24.9 Å². The van der Waals surface area contributed by atoms with Gasteiger partial charge in [-0.15, -0.1) is 0 Å². The maximum absolute atomic E-state index is 11.9. The Kier molecular flexibility index (Phi) is 4.99. The molecule has 0 saturated carbocycles. The van der Waals surface area contributed by atoms with Crippen LogP contribution in [0.15, 0.2) is 47.4 Å². The van der Waals surface area contributed by atoms with Crippen molar-refractivity contribution in [2.24, 2.45) is 0 Å². The zero-order valence-corrected chi connectivity index (χ0v) is 14.0. The van der Waals surface area contributed by atoms with Crippen LogP contribution in [0.25, 0.3) is 0 Å². The molecular formula is C17H20N4O4. The monoisotopic (exact) mass is 344 g/mol. The van der Waals surface area contributed by atoms with Gasteiger partial charge in [0.1, 0.15) is 5.75 Å². The summed E-state index contributed by atoms with van der Waals surface area (Å²) in [6.07, 6.45) is 1.30. The van der Waals surface area contributed by atoms with Crippen molar-refractivity contribution >= 4 is 11.4 Å². The molecule has 0 aliphatic carbocycles. The Balaban J connectivity index is 1.62. The molecule has 0 radical (unpaired) electrons. The summed E-state index contributed by atoms with van der Waals surface area (Å²) in [6.45, 7) is 3.57. The van der Waals surface area contributed by atoms with Crippen molar-refractivity contribution < 1.29 is 9.66 Å². The maximum Gasteiger partial charge on any atom is 0.285 e. The SMILES string of the molecule is COc1ccc(N2CCN(Cn3cc([N+](=O)[O-])ccc3=O)CC2)cc1. The lowest BCUT2D eigenvalue weighted by molar-refractivity contribution is -0.385. The summed E-state index contributed by atoms with van der Waals surface area (Å²) in [5, 5.41) is 10.9. The number of hydrogen-bond acceptors (Lipinski definition) is 6. The molecule has 1 aromatic heterocycles. The van der Waals surface area contributed by atoms with Gasteiger partial charge in [0.15, 0.2) is 0 Å². The average molecular weight is 344 g/mol. The minimum absolute atomic E-state index is 0.0727. The number of anilines is 1. The average Bonchev–Trinajstić information content (AvgIpc) is 2.64. The van der Waals surface area contributed by atoms with Crippen molar-refractivity contribution in [1.82, 2.24) is 9.47 Å². The third-order valence-electron chi connectivity index (χ3n) is 4.34. The van der Waals surface area contributed by atoms with Gasteiger partial charge in [-0.2, -0.15) is 0 Å². The van der Waals surface area contributed by atoms with E-state index in [9.17, 15) is 14.9 Å². The number of piperazine rings is 1. The second kappa shape index (κ2) is 7.35. The molecule has 25 heavy (non-hydrogen) atoms. The van der Waals surface area contributed by atoms with Crippen molar-refractivity contribution in [2.45, 2.75) is 6.67 Å². The first-order valence-electron chi connectivity index (χ1n) is 8.03. The largest absolute Gasteiger partial charge is 0.497 e. The first-order chi connectivity index (χ1) is 12.1. The highest BCUT2D eigenvalue weighted by Gasteiger charge is 2.18. The zero-order valence-electron chi connectivity index (χ0n) is 14.0. The van der Waals surface area contributed by atoms with Gasteiger partial charge in [-0.3, -0.25) is 24.4 Å². The second-order valence-electron chi connectivity index (χ2n) is 5.90. The standard InChI is InChI=1S/C17H20N4O4/c1-25-16-5-2-14(3-6-16)19-10-8-18(9-11-19)13-20-12-15(21(23)24)4-7-17(20)22/h2-7,12H,8-11,13H2,1H3. The van der Waals surface area contributed by atoms with Crippen molar-refractivity contribution in [3.63, 3.8) is 0 Å². The first-order valence-corrected chi connectivity index (χ1v) is 8.03. The van der Waals surface area contributed by atoms with Gasteiger partial charge < -0.3 is 9.64 Å². The summed E-state index contributed by atoms with van der Waals surface area (Å²) in [5.74, 6) is 0.826. The molecule has 8 heteroatoms. The molecule has 1 aromatic carbocycles. The Morgan fingerprint density at radius 2 is 1.76 bits per heavy atom. The number of nitrogens with zero attached hydrogens (tertiary/aromatic N) is 4. The van der Waals surface area contributed by atoms with E-state index in [2.05, 4.69) is 9.80 Å². The minimum Gasteiger partial charge on any atom is -0.497 e. The van der Waals surface area contributed by atoms with Crippen LogP contribution in [0.3, 0.4) is 0 Å². The summed E-state index contributed by atoms with van der Waals surface area (Å²) in [4.78, 5) is 26.7. The predicted octanol–water partition coefficient (Wildman–Crippen LogP) is 1.54. The fourth-order valence-electron chi connectivity index (χ4n) is 2.89. The van der Waals surface area contributed by atoms with Crippen molar-refractivity contribution in [2.75, 3.05) is 38.2 Å². The minimum atomic E-state index is -0.489. The van der Waals surface area contributed by atoms with Crippen LogP contribution in [0.1, 0.15) is 0 Å². The van der Waals surface area contributed by atoms with Crippen LogP contribution in [0, 0.1) is 10.1 Å². The van der Waals surface area contributed by atoms with Crippen molar-refractivity contribution in [3.8, 4) is 5.75 Å². The lowest BCUT2D eigenvalue weighted by Gasteiger charge is -2.36. The van der Waals surface area contributed by atoms with E-state index in [1.54, 1.807) is 7.11 Å². The molecule has 2 aromatic rings. The van der Waals surface area contributed by atoms with E-state index in [1.807, 2.05) is 24.3 Å². The van der Waals surface area contributed by atoms with Gasteiger partial charge in [-0.1, -0.05) is 0 Å². The van der Waals surface area contributed by atoms with Crippen LogP contribution in [-0.4, -0.2) is 47.7 Å². The second-order valence-corrected chi connectivity index (χ2v) is 5.90. The maximum atomic E-state index is 11.9. The van der Waals surface area contributed by atoms with Crippen LogP contribution in [0.4, 0.5) is 11.4 Å². The fourth-order valence-corrected chi connectivity index (χ4v) is 2.89. The Morgan fingerprint density at radius 1 is 1.08 bits per heavy atom. The number of nitro groups is 1. The lowest BCUT2D eigenvalue weighted by atomic mass is 10.2. The summed E-state index contributed by atoms with van der Waals surface area (Å²) < 4.78 is 6.56. The predicted molar refractivity (Wildman–Crippen MR) is 94.1 cm³/mol. The van der Waals surface area contributed by atoms with Gasteiger partial charge in [0.25, 0.3) is 11.2 Å². The van der Waals surface area contributed by atoms with E-state index in [1.165, 1.54) is 22.9 Å². The van der Waals surface area contributed by atoms with E-state index in [0.29, 0.717) is 6.67 Å². The quantitative estimate of drug-likeness (QED) is 0.605. The molecule has 1 fully saturated rings. The topological polar surface area (TPSA) is 80.8 Å². The molecule has 0 N–H and O–H groups in total. The van der Waals surface area contributed by atoms with Gasteiger partial charge in [0.2, 0.25) is 0 Å². The fraction of sp³-hybridized carbons (Fsp3) is 0.353. The molecule has 1 saturated heterocycles. The summed E-state index contributed by atoms with van der Waals surface area (Å²) in [6, 6.07) is 10.4. The zero-order chi connectivity index (χ0) is 17.8. The molecule has 1 aliphatic rings. The van der Waals surface area contributed by atoms with Gasteiger partial charge in [0, 0.05) is 44.0 Å². The number of methoxy groups -OCH3 is 1. The molecule has 1 aliphatic heterocycles. The normalized spacial score (nSPS) is 15.2. The number of hydrogen-bond donors (Lipinski definition) is 0. The summed E-state index contributed by atoms with van der Waals surface area (Å²) >= 11 is 0. The van der Waals surface area contributed by atoms with Crippen molar-refractivity contribution in [1.29, 1.82) is 0 Å². The number of ether oxygens (including phenoxy) is 1. The molecule has 3 rings (SSSR count). The Bertz CT molecular complexity index is 795.